The average Bonchev–Trinajstić information content (AvgIpc) is 2.62. The van der Waals surface area contributed by atoms with Gasteiger partial charge in [-0.3, -0.25) is 5.01 Å². The normalized spacial score (nSPS) is 16.8. The Labute approximate surface area is 115 Å². The second kappa shape index (κ2) is 4.76. The van der Waals surface area contributed by atoms with Crippen molar-refractivity contribution in [3.8, 4) is 0 Å². The maximum atomic E-state index is 5.61. The first-order chi connectivity index (χ1) is 8.90. The van der Waals surface area contributed by atoms with Gasteiger partial charge in [0.1, 0.15) is 0 Å². The van der Waals surface area contributed by atoms with E-state index in [0.29, 0.717) is 11.8 Å². The van der Waals surface area contributed by atoms with Gasteiger partial charge in [0.2, 0.25) is 5.96 Å². The van der Waals surface area contributed by atoms with Crippen molar-refractivity contribution in [3.63, 3.8) is 0 Å². The van der Waals surface area contributed by atoms with Crippen molar-refractivity contribution in [1.82, 2.24) is 5.01 Å². The summed E-state index contributed by atoms with van der Waals surface area (Å²) in [7, 11) is 0. The lowest BCUT2D eigenvalue weighted by Crippen LogP contribution is -2.48. The minimum Gasteiger partial charge on any atom is -0.369 e. The van der Waals surface area contributed by atoms with Gasteiger partial charge in [-0.2, -0.15) is 0 Å². The summed E-state index contributed by atoms with van der Waals surface area (Å²) in [5.41, 5.74) is 13.8. The Morgan fingerprint density at radius 2 is 1.74 bits per heavy atom. The predicted molar refractivity (Wildman–Crippen MR) is 79.1 cm³/mol. The second-order valence-corrected chi connectivity index (χ2v) is 5.87. The molecule has 0 aromatic heterocycles. The highest BCUT2D eigenvalue weighted by Gasteiger charge is 2.49. The highest BCUT2D eigenvalue weighted by atomic mass is 15.5. The van der Waals surface area contributed by atoms with E-state index in [4.69, 9.17) is 11.5 Å². The molecule has 1 heterocycles. The van der Waals surface area contributed by atoms with E-state index in [0.717, 1.165) is 6.54 Å². The summed E-state index contributed by atoms with van der Waals surface area (Å²) in [6.45, 7) is 9.70. The van der Waals surface area contributed by atoms with Crippen LogP contribution in [0.2, 0.25) is 0 Å². The molecule has 0 saturated carbocycles. The molecule has 1 aliphatic heterocycles. The summed E-state index contributed by atoms with van der Waals surface area (Å²) >= 11 is 0. The number of guanidine groups is 1. The zero-order valence-electron chi connectivity index (χ0n) is 12.2. The molecule has 0 atom stereocenters. The number of fused-ring (bicyclic) bond motifs is 1. The summed E-state index contributed by atoms with van der Waals surface area (Å²) in [5, 5.41) is 6.46. The molecular formula is C15H24N4. The van der Waals surface area contributed by atoms with Gasteiger partial charge in [0.15, 0.2) is 0 Å². The molecule has 19 heavy (non-hydrogen) atoms. The fourth-order valence-electron chi connectivity index (χ4n) is 3.62. The first-order valence-corrected chi connectivity index (χ1v) is 6.86. The Hall–Kier alpha value is -1.71. The minimum atomic E-state index is -0.138. The summed E-state index contributed by atoms with van der Waals surface area (Å²) in [6.07, 6.45) is 0. The lowest BCUT2D eigenvalue weighted by atomic mass is 9.72. The molecule has 4 N–H and O–H groups in total. The molecule has 104 valence electrons. The van der Waals surface area contributed by atoms with Crippen LogP contribution in [0.25, 0.3) is 0 Å². The maximum absolute atomic E-state index is 5.61. The second-order valence-electron chi connectivity index (χ2n) is 5.87. The van der Waals surface area contributed by atoms with Crippen molar-refractivity contribution in [2.45, 2.75) is 39.8 Å². The van der Waals surface area contributed by atoms with Crippen molar-refractivity contribution in [3.05, 3.63) is 35.4 Å². The Balaban J connectivity index is 2.64. The lowest BCUT2D eigenvalue weighted by Gasteiger charge is -2.44. The van der Waals surface area contributed by atoms with Gasteiger partial charge in [-0.15, -0.1) is 5.10 Å². The third-order valence-electron chi connectivity index (χ3n) is 4.19. The van der Waals surface area contributed by atoms with Crippen LogP contribution in [0.1, 0.15) is 38.8 Å². The molecule has 4 nitrogen and oxygen atoms in total. The van der Waals surface area contributed by atoms with E-state index in [1.165, 1.54) is 11.1 Å². The molecule has 0 bridgehead atoms. The minimum absolute atomic E-state index is 0.124. The molecule has 2 rings (SSSR count). The van der Waals surface area contributed by atoms with Gasteiger partial charge in [-0.1, -0.05) is 52.0 Å². The predicted octanol–water partition coefficient (Wildman–Crippen LogP) is 2.20. The van der Waals surface area contributed by atoms with Crippen molar-refractivity contribution in [1.29, 1.82) is 0 Å². The molecule has 0 unspecified atom stereocenters. The molecule has 0 radical (unpaired) electrons. The average molecular weight is 260 g/mol. The highest BCUT2D eigenvalue weighted by molar-refractivity contribution is 5.75. The zero-order valence-corrected chi connectivity index (χ0v) is 12.2. The van der Waals surface area contributed by atoms with Crippen molar-refractivity contribution >= 4 is 5.96 Å². The van der Waals surface area contributed by atoms with Crippen LogP contribution in [-0.2, 0) is 12.1 Å². The summed E-state index contributed by atoms with van der Waals surface area (Å²) in [4.78, 5) is 0. The molecule has 0 spiro atoms. The number of nitrogens with two attached hydrogens (primary N) is 2. The van der Waals surface area contributed by atoms with Gasteiger partial charge < -0.3 is 11.5 Å². The summed E-state index contributed by atoms with van der Waals surface area (Å²) in [6, 6.07) is 8.54. The monoisotopic (exact) mass is 260 g/mol. The van der Waals surface area contributed by atoms with E-state index in [-0.39, 0.29) is 11.5 Å². The van der Waals surface area contributed by atoms with E-state index >= 15 is 0 Å². The maximum Gasteiger partial charge on any atom is 0.208 e. The molecule has 0 amide bonds. The standard InChI is InChI=1S/C15H24N4/c1-10(2)15(11(3)4)13-8-6-5-7-12(13)9-19(15)18-14(16)17/h5-8,10-11H,9H2,1-4H3,(H4,16,17,18). The number of rotatable bonds is 3. The van der Waals surface area contributed by atoms with Crippen molar-refractivity contribution < 1.29 is 0 Å². The van der Waals surface area contributed by atoms with Crippen LogP contribution < -0.4 is 11.5 Å². The van der Waals surface area contributed by atoms with Crippen LogP contribution in [0.3, 0.4) is 0 Å². The molecule has 1 aliphatic rings. The number of benzene rings is 1. The van der Waals surface area contributed by atoms with Gasteiger partial charge in [0.25, 0.3) is 0 Å². The Bertz CT molecular complexity index is 479. The SMILES string of the molecule is CC(C)C1(C(C)C)c2ccccc2CN1N=C(N)N. The summed E-state index contributed by atoms with van der Waals surface area (Å²) in [5.74, 6) is 0.956. The topological polar surface area (TPSA) is 67.6 Å². The molecule has 0 fully saturated rings. The quantitative estimate of drug-likeness (QED) is 0.646. The number of hydrogen-bond acceptors (Lipinski definition) is 2. The molecule has 0 aliphatic carbocycles. The van der Waals surface area contributed by atoms with E-state index in [1.807, 2.05) is 0 Å². The van der Waals surface area contributed by atoms with E-state index < -0.39 is 0 Å². The molecule has 4 heteroatoms. The van der Waals surface area contributed by atoms with Crippen LogP contribution in [0.15, 0.2) is 29.4 Å². The van der Waals surface area contributed by atoms with Gasteiger partial charge >= 0.3 is 0 Å². The lowest BCUT2D eigenvalue weighted by molar-refractivity contribution is 0.0135. The largest absolute Gasteiger partial charge is 0.369 e. The fourth-order valence-corrected chi connectivity index (χ4v) is 3.62. The summed E-state index contributed by atoms with van der Waals surface area (Å²) < 4.78 is 0. The third kappa shape index (κ3) is 1.95. The zero-order chi connectivity index (χ0) is 14.2. The molecular weight excluding hydrogens is 236 g/mol. The van der Waals surface area contributed by atoms with Gasteiger partial charge in [0, 0.05) is 0 Å². The first-order valence-electron chi connectivity index (χ1n) is 6.86. The molecule has 0 saturated heterocycles. The van der Waals surface area contributed by atoms with Gasteiger partial charge in [-0.05, 0) is 23.0 Å². The van der Waals surface area contributed by atoms with Crippen LogP contribution in [0.5, 0.6) is 0 Å². The van der Waals surface area contributed by atoms with Crippen molar-refractivity contribution in [2.75, 3.05) is 0 Å². The van der Waals surface area contributed by atoms with Crippen molar-refractivity contribution in [2.24, 2.45) is 28.4 Å². The number of hydrazone groups is 1. The third-order valence-corrected chi connectivity index (χ3v) is 4.19. The van der Waals surface area contributed by atoms with E-state index in [2.05, 4.69) is 62.1 Å². The molecule has 1 aromatic carbocycles. The first kappa shape index (κ1) is 13.7. The van der Waals surface area contributed by atoms with E-state index in [9.17, 15) is 0 Å². The van der Waals surface area contributed by atoms with Crippen LogP contribution in [0.4, 0.5) is 0 Å². The molecule has 1 aromatic rings. The van der Waals surface area contributed by atoms with Gasteiger partial charge in [-0.25, -0.2) is 0 Å². The van der Waals surface area contributed by atoms with Crippen LogP contribution in [-0.4, -0.2) is 11.0 Å². The van der Waals surface area contributed by atoms with Crippen LogP contribution in [0, 0.1) is 11.8 Å². The smallest absolute Gasteiger partial charge is 0.208 e. The fraction of sp³-hybridized carbons (Fsp3) is 0.533. The Kier molecular flexibility index (Phi) is 3.43. The number of nitrogens with zero attached hydrogens (tertiary/aromatic N) is 2. The highest BCUT2D eigenvalue weighted by Crippen LogP contribution is 2.49. The number of hydrogen-bond donors (Lipinski definition) is 2. The van der Waals surface area contributed by atoms with E-state index in [1.54, 1.807) is 0 Å². The van der Waals surface area contributed by atoms with Crippen LogP contribution >= 0.6 is 0 Å². The van der Waals surface area contributed by atoms with Gasteiger partial charge in [0.05, 0.1) is 12.1 Å². The Morgan fingerprint density at radius 1 is 1.16 bits per heavy atom. The Morgan fingerprint density at radius 3 is 2.26 bits per heavy atom.